The lowest BCUT2D eigenvalue weighted by molar-refractivity contribution is -0.142. The molecule has 1 aromatic rings. The number of nitrogens with one attached hydrogen (secondary N) is 1. The molecule has 1 fully saturated rings. The van der Waals surface area contributed by atoms with Gasteiger partial charge in [-0.3, -0.25) is 4.79 Å². The quantitative estimate of drug-likeness (QED) is 0.882. The lowest BCUT2D eigenvalue weighted by Gasteiger charge is -2.17. The molecule has 1 aliphatic rings. The van der Waals surface area contributed by atoms with E-state index < -0.39 is 23.7 Å². The zero-order valence-corrected chi connectivity index (χ0v) is 11.5. The van der Waals surface area contributed by atoms with Crippen molar-refractivity contribution in [2.45, 2.75) is 6.92 Å². The number of anilines is 1. The number of carboxylic acids is 1. The summed E-state index contributed by atoms with van der Waals surface area (Å²) in [5, 5.41) is 11.7. The number of carboxylic acid groups (broad SMARTS) is 1. The van der Waals surface area contributed by atoms with Crippen molar-refractivity contribution < 1.29 is 19.1 Å². The first-order valence-corrected chi connectivity index (χ1v) is 6.50. The molecule has 1 aromatic carbocycles. The Labute approximate surface area is 120 Å². The smallest absolute Gasteiger partial charge is 0.321 e. The molecule has 0 radical (unpaired) electrons. The normalized spacial score (nSPS) is 21.9. The van der Waals surface area contributed by atoms with Crippen molar-refractivity contribution in [3.8, 4) is 0 Å². The van der Waals surface area contributed by atoms with Crippen LogP contribution in [0.5, 0.6) is 0 Å². The number of carbonyl (C=O) groups is 2. The summed E-state index contributed by atoms with van der Waals surface area (Å²) >= 11 is 5.74. The molecule has 7 heteroatoms. The van der Waals surface area contributed by atoms with Gasteiger partial charge in [0.1, 0.15) is 5.82 Å². The van der Waals surface area contributed by atoms with Gasteiger partial charge >= 0.3 is 12.0 Å². The standard InChI is InChI=1S/C13H14ClFN2O3/c1-7-5-17(6-9(7)12(18)19)13(20)16-11-4-8(14)2-3-10(11)15/h2-4,7,9H,5-6H2,1H3,(H,16,20)(H,18,19). The Morgan fingerprint density at radius 2 is 2.15 bits per heavy atom. The summed E-state index contributed by atoms with van der Waals surface area (Å²) < 4.78 is 13.5. The molecule has 2 N–H and O–H groups in total. The lowest BCUT2D eigenvalue weighted by Crippen LogP contribution is -2.34. The molecule has 2 atom stereocenters. The van der Waals surface area contributed by atoms with Gasteiger partial charge in [0.15, 0.2) is 0 Å². The van der Waals surface area contributed by atoms with Crippen LogP contribution in [-0.4, -0.2) is 35.1 Å². The van der Waals surface area contributed by atoms with E-state index in [2.05, 4.69) is 5.32 Å². The van der Waals surface area contributed by atoms with Crippen LogP contribution < -0.4 is 5.32 Å². The van der Waals surface area contributed by atoms with Crippen molar-refractivity contribution in [3.63, 3.8) is 0 Å². The number of benzene rings is 1. The number of amides is 2. The van der Waals surface area contributed by atoms with Crippen LogP contribution in [0, 0.1) is 17.7 Å². The third-order valence-corrected chi connectivity index (χ3v) is 3.62. The Hall–Kier alpha value is -1.82. The molecule has 2 amide bonds. The van der Waals surface area contributed by atoms with Gasteiger partial charge in [0.05, 0.1) is 11.6 Å². The number of urea groups is 1. The summed E-state index contributed by atoms with van der Waals surface area (Å²) in [5.41, 5.74) is -0.0195. The van der Waals surface area contributed by atoms with Gasteiger partial charge < -0.3 is 15.3 Å². The van der Waals surface area contributed by atoms with Gasteiger partial charge in [-0.15, -0.1) is 0 Å². The molecule has 108 valence electrons. The summed E-state index contributed by atoms with van der Waals surface area (Å²) in [5.74, 6) is -2.25. The van der Waals surface area contributed by atoms with E-state index in [1.807, 2.05) is 0 Å². The zero-order valence-electron chi connectivity index (χ0n) is 10.8. The van der Waals surface area contributed by atoms with Crippen molar-refractivity contribution in [1.29, 1.82) is 0 Å². The van der Waals surface area contributed by atoms with E-state index in [9.17, 15) is 14.0 Å². The molecule has 2 rings (SSSR count). The number of aliphatic carboxylic acids is 1. The molecule has 1 aliphatic heterocycles. The number of hydrogen-bond donors (Lipinski definition) is 2. The maximum absolute atomic E-state index is 13.5. The van der Waals surface area contributed by atoms with Crippen LogP contribution in [0.2, 0.25) is 5.02 Å². The van der Waals surface area contributed by atoms with Crippen molar-refractivity contribution in [1.82, 2.24) is 4.90 Å². The Balaban J connectivity index is 2.06. The van der Waals surface area contributed by atoms with Crippen LogP contribution in [0.4, 0.5) is 14.9 Å². The molecule has 20 heavy (non-hydrogen) atoms. The van der Waals surface area contributed by atoms with E-state index in [0.717, 1.165) is 6.07 Å². The minimum atomic E-state index is -0.929. The first-order valence-electron chi connectivity index (χ1n) is 6.12. The third kappa shape index (κ3) is 3.01. The molecular formula is C13H14ClFN2O3. The van der Waals surface area contributed by atoms with Crippen LogP contribution in [0.15, 0.2) is 18.2 Å². The second kappa shape index (κ2) is 5.66. The summed E-state index contributed by atoms with van der Waals surface area (Å²) in [6, 6.07) is 3.32. The average molecular weight is 301 g/mol. The van der Waals surface area contributed by atoms with Crippen molar-refractivity contribution in [2.24, 2.45) is 11.8 Å². The number of rotatable bonds is 2. The maximum Gasteiger partial charge on any atom is 0.321 e. The zero-order chi connectivity index (χ0) is 14.9. The van der Waals surface area contributed by atoms with Crippen LogP contribution in [-0.2, 0) is 4.79 Å². The number of nitrogens with zero attached hydrogens (tertiary/aromatic N) is 1. The van der Waals surface area contributed by atoms with E-state index in [0.29, 0.717) is 11.6 Å². The first-order chi connectivity index (χ1) is 9.38. The summed E-state index contributed by atoms with van der Waals surface area (Å²) in [7, 11) is 0. The second-order valence-electron chi connectivity index (χ2n) is 4.88. The predicted molar refractivity (Wildman–Crippen MR) is 72.3 cm³/mol. The van der Waals surface area contributed by atoms with Crippen LogP contribution in [0.1, 0.15) is 6.92 Å². The number of likely N-dealkylation sites (tertiary alicyclic amines) is 1. The fourth-order valence-electron chi connectivity index (χ4n) is 2.24. The molecule has 0 aromatic heterocycles. The fraction of sp³-hybridized carbons (Fsp3) is 0.385. The number of carbonyl (C=O) groups excluding carboxylic acids is 1. The van der Waals surface area contributed by atoms with Gasteiger partial charge in [-0.05, 0) is 24.1 Å². The largest absolute Gasteiger partial charge is 0.481 e. The topological polar surface area (TPSA) is 69.6 Å². The van der Waals surface area contributed by atoms with Gasteiger partial charge in [-0.1, -0.05) is 18.5 Å². The SMILES string of the molecule is CC1CN(C(=O)Nc2cc(Cl)ccc2F)CC1C(=O)O. The van der Waals surface area contributed by atoms with Gasteiger partial charge in [-0.25, -0.2) is 9.18 Å². The van der Waals surface area contributed by atoms with E-state index in [4.69, 9.17) is 16.7 Å². The summed E-state index contributed by atoms with van der Waals surface area (Å²) in [4.78, 5) is 24.4. The highest BCUT2D eigenvalue weighted by Crippen LogP contribution is 2.25. The monoisotopic (exact) mass is 300 g/mol. The van der Waals surface area contributed by atoms with Gasteiger partial charge in [0, 0.05) is 18.1 Å². The second-order valence-corrected chi connectivity index (χ2v) is 5.32. The molecule has 1 saturated heterocycles. The Bertz CT molecular complexity index is 552. The van der Waals surface area contributed by atoms with E-state index in [-0.39, 0.29) is 18.2 Å². The minimum Gasteiger partial charge on any atom is -0.481 e. The summed E-state index contributed by atoms with van der Waals surface area (Å²) in [6.07, 6.45) is 0. The molecule has 0 spiro atoms. The van der Waals surface area contributed by atoms with Crippen LogP contribution >= 0.6 is 11.6 Å². The highest BCUT2D eigenvalue weighted by atomic mass is 35.5. The molecule has 1 heterocycles. The van der Waals surface area contributed by atoms with E-state index >= 15 is 0 Å². The van der Waals surface area contributed by atoms with Crippen molar-refractivity contribution in [3.05, 3.63) is 29.0 Å². The average Bonchev–Trinajstić information content (AvgIpc) is 2.76. The van der Waals surface area contributed by atoms with Crippen molar-refractivity contribution in [2.75, 3.05) is 18.4 Å². The third-order valence-electron chi connectivity index (χ3n) is 3.39. The molecule has 5 nitrogen and oxygen atoms in total. The molecule has 0 aliphatic carbocycles. The predicted octanol–water partition coefficient (Wildman–Crippen LogP) is 2.66. The number of halogens is 2. The van der Waals surface area contributed by atoms with Crippen LogP contribution in [0.3, 0.4) is 0 Å². The molecule has 2 unspecified atom stereocenters. The Morgan fingerprint density at radius 1 is 1.45 bits per heavy atom. The Kier molecular flexibility index (Phi) is 4.13. The lowest BCUT2D eigenvalue weighted by atomic mass is 9.99. The number of hydrogen-bond acceptors (Lipinski definition) is 2. The minimum absolute atomic E-state index is 0.0195. The molecule has 0 saturated carbocycles. The fourth-order valence-corrected chi connectivity index (χ4v) is 2.41. The van der Waals surface area contributed by atoms with E-state index in [1.54, 1.807) is 6.92 Å². The Morgan fingerprint density at radius 3 is 2.75 bits per heavy atom. The molecular weight excluding hydrogens is 287 g/mol. The highest BCUT2D eigenvalue weighted by molar-refractivity contribution is 6.30. The van der Waals surface area contributed by atoms with Crippen molar-refractivity contribution >= 4 is 29.3 Å². The van der Waals surface area contributed by atoms with Gasteiger partial charge in [0.25, 0.3) is 0 Å². The van der Waals surface area contributed by atoms with E-state index in [1.165, 1.54) is 17.0 Å². The van der Waals surface area contributed by atoms with Gasteiger partial charge in [0.2, 0.25) is 0 Å². The van der Waals surface area contributed by atoms with Crippen LogP contribution in [0.25, 0.3) is 0 Å². The first kappa shape index (κ1) is 14.6. The van der Waals surface area contributed by atoms with Gasteiger partial charge in [-0.2, -0.15) is 0 Å². The summed E-state index contributed by atoms with van der Waals surface area (Å²) in [6.45, 7) is 2.21. The highest BCUT2D eigenvalue weighted by Gasteiger charge is 2.37. The molecule has 0 bridgehead atoms. The maximum atomic E-state index is 13.5.